The summed E-state index contributed by atoms with van der Waals surface area (Å²) in [5.41, 5.74) is 2.54. The van der Waals surface area contributed by atoms with Crippen molar-refractivity contribution in [1.29, 1.82) is 0 Å². The number of carbonyl (C=O) groups excluding carboxylic acids is 2. The summed E-state index contributed by atoms with van der Waals surface area (Å²) in [5, 5.41) is 0. The van der Waals surface area contributed by atoms with Crippen molar-refractivity contribution in [3.8, 4) is 0 Å². The van der Waals surface area contributed by atoms with Gasteiger partial charge in [0.15, 0.2) is 0 Å². The van der Waals surface area contributed by atoms with E-state index in [2.05, 4.69) is 0 Å². The Morgan fingerprint density at radius 3 is 2.52 bits per heavy atom. The number of carbonyl (C=O) groups is 2. The summed E-state index contributed by atoms with van der Waals surface area (Å²) in [5.74, 6) is -1.03. The van der Waals surface area contributed by atoms with E-state index in [9.17, 15) is 14.0 Å². The van der Waals surface area contributed by atoms with Gasteiger partial charge in [0.1, 0.15) is 5.82 Å². The highest BCUT2D eigenvalue weighted by Crippen LogP contribution is 2.33. The van der Waals surface area contributed by atoms with Gasteiger partial charge >= 0.3 is 0 Å². The van der Waals surface area contributed by atoms with Crippen molar-refractivity contribution in [3.63, 3.8) is 0 Å². The van der Waals surface area contributed by atoms with Crippen LogP contribution in [0.5, 0.6) is 0 Å². The molecular formula is C22H23FN2O2. The molecule has 4 nitrogen and oxygen atoms in total. The Labute approximate surface area is 158 Å². The van der Waals surface area contributed by atoms with Gasteiger partial charge < -0.3 is 9.80 Å². The zero-order chi connectivity index (χ0) is 19.0. The molecule has 0 spiro atoms. The molecule has 0 bridgehead atoms. The largest absolute Gasteiger partial charge is 0.335 e. The highest BCUT2D eigenvalue weighted by atomic mass is 19.1. The number of halogens is 1. The van der Waals surface area contributed by atoms with Crippen LogP contribution in [0.1, 0.15) is 30.4 Å². The lowest BCUT2D eigenvalue weighted by Crippen LogP contribution is -2.38. The van der Waals surface area contributed by atoms with Crippen LogP contribution in [-0.2, 0) is 16.1 Å². The molecule has 2 fully saturated rings. The van der Waals surface area contributed by atoms with Crippen molar-refractivity contribution in [3.05, 3.63) is 65.5 Å². The molecule has 5 heteroatoms. The van der Waals surface area contributed by atoms with Crippen LogP contribution < -0.4 is 4.90 Å². The van der Waals surface area contributed by atoms with Crippen LogP contribution >= 0.6 is 0 Å². The zero-order valence-corrected chi connectivity index (χ0v) is 15.4. The Bertz CT molecular complexity index is 861. The molecule has 2 aliphatic rings. The van der Waals surface area contributed by atoms with Crippen molar-refractivity contribution in [2.75, 3.05) is 11.4 Å². The van der Waals surface area contributed by atoms with Crippen LogP contribution in [0.3, 0.4) is 0 Å². The second-order valence-corrected chi connectivity index (χ2v) is 7.54. The average Bonchev–Trinajstić information content (AvgIpc) is 3.43. The maximum Gasteiger partial charge on any atom is 0.228 e. The van der Waals surface area contributed by atoms with Gasteiger partial charge in [-0.3, -0.25) is 9.59 Å². The molecule has 27 heavy (non-hydrogen) atoms. The number of aryl methyl sites for hydroxylation is 1. The zero-order valence-electron chi connectivity index (χ0n) is 15.4. The number of hydrogen-bond acceptors (Lipinski definition) is 2. The van der Waals surface area contributed by atoms with Gasteiger partial charge in [-0.1, -0.05) is 42.0 Å². The molecule has 140 valence electrons. The van der Waals surface area contributed by atoms with Crippen LogP contribution in [-0.4, -0.2) is 29.3 Å². The van der Waals surface area contributed by atoms with E-state index < -0.39 is 11.7 Å². The Balaban J connectivity index is 1.50. The molecule has 4 rings (SSSR count). The van der Waals surface area contributed by atoms with Crippen LogP contribution in [0.4, 0.5) is 10.1 Å². The second-order valence-electron chi connectivity index (χ2n) is 7.54. The summed E-state index contributed by atoms with van der Waals surface area (Å²) in [7, 11) is 0. The molecule has 1 saturated carbocycles. The number of hydrogen-bond donors (Lipinski definition) is 0. The van der Waals surface area contributed by atoms with E-state index >= 15 is 0 Å². The van der Waals surface area contributed by atoms with E-state index in [1.54, 1.807) is 18.2 Å². The molecule has 0 radical (unpaired) electrons. The third-order valence-electron chi connectivity index (χ3n) is 5.36. The summed E-state index contributed by atoms with van der Waals surface area (Å²) in [6.45, 7) is 2.85. The van der Waals surface area contributed by atoms with Gasteiger partial charge in [0.05, 0.1) is 11.6 Å². The molecular weight excluding hydrogens is 343 g/mol. The first kappa shape index (κ1) is 17.7. The van der Waals surface area contributed by atoms with Gasteiger partial charge in [0, 0.05) is 25.6 Å². The minimum Gasteiger partial charge on any atom is -0.335 e. The van der Waals surface area contributed by atoms with Crippen molar-refractivity contribution in [1.82, 2.24) is 4.90 Å². The first-order valence-corrected chi connectivity index (χ1v) is 9.44. The predicted octanol–water partition coefficient (Wildman–Crippen LogP) is 3.68. The standard InChI is InChI=1S/C22H23FN2O2/c1-15-6-8-16(9-7-15)13-24(18-10-11-18)22(27)17-12-21(26)25(14-17)20-5-3-2-4-19(20)23/h2-9,17-18H,10-14H2,1H3. The van der Waals surface area contributed by atoms with Crippen molar-refractivity contribution < 1.29 is 14.0 Å². The molecule has 2 aromatic carbocycles. The van der Waals surface area contributed by atoms with Gasteiger partial charge in [0.2, 0.25) is 11.8 Å². The van der Waals surface area contributed by atoms with E-state index in [0.717, 1.165) is 18.4 Å². The summed E-state index contributed by atoms with van der Waals surface area (Å²) < 4.78 is 14.1. The molecule has 0 aromatic heterocycles. The lowest BCUT2D eigenvalue weighted by atomic mass is 10.1. The number of benzene rings is 2. The fourth-order valence-electron chi connectivity index (χ4n) is 3.67. The number of anilines is 1. The Hall–Kier alpha value is -2.69. The molecule has 2 aromatic rings. The van der Waals surface area contributed by atoms with Crippen LogP contribution in [0.2, 0.25) is 0 Å². The van der Waals surface area contributed by atoms with Gasteiger partial charge in [-0.15, -0.1) is 0 Å². The summed E-state index contributed by atoms with van der Waals surface area (Å²) in [4.78, 5) is 28.9. The predicted molar refractivity (Wildman–Crippen MR) is 102 cm³/mol. The minimum absolute atomic E-state index is 0.00487. The molecule has 1 aliphatic heterocycles. The monoisotopic (exact) mass is 366 g/mol. The maximum absolute atomic E-state index is 14.1. The van der Waals surface area contributed by atoms with E-state index in [-0.39, 0.29) is 36.5 Å². The number of nitrogens with zero attached hydrogens (tertiary/aromatic N) is 2. The van der Waals surface area contributed by atoms with Gasteiger partial charge in [-0.25, -0.2) is 4.39 Å². The normalized spacial score (nSPS) is 19.4. The van der Waals surface area contributed by atoms with E-state index in [0.29, 0.717) is 6.54 Å². The fraction of sp³-hybridized carbons (Fsp3) is 0.364. The smallest absolute Gasteiger partial charge is 0.228 e. The SMILES string of the molecule is Cc1ccc(CN(C(=O)C2CC(=O)N(c3ccccc3F)C2)C2CC2)cc1. The Morgan fingerprint density at radius 2 is 1.85 bits per heavy atom. The van der Waals surface area contributed by atoms with E-state index in [1.165, 1.54) is 16.5 Å². The summed E-state index contributed by atoms with van der Waals surface area (Å²) >= 11 is 0. The Kier molecular flexibility index (Phi) is 4.68. The molecule has 2 amide bonds. The van der Waals surface area contributed by atoms with Crippen LogP contribution in [0.25, 0.3) is 0 Å². The lowest BCUT2D eigenvalue weighted by molar-refractivity contribution is -0.137. The highest BCUT2D eigenvalue weighted by molar-refractivity contribution is 6.00. The fourth-order valence-corrected chi connectivity index (χ4v) is 3.67. The molecule has 0 N–H and O–H groups in total. The number of rotatable bonds is 5. The van der Waals surface area contributed by atoms with Crippen LogP contribution in [0, 0.1) is 18.7 Å². The highest BCUT2D eigenvalue weighted by Gasteiger charge is 2.41. The maximum atomic E-state index is 14.1. The van der Waals surface area contributed by atoms with E-state index in [4.69, 9.17) is 0 Å². The molecule has 1 heterocycles. The van der Waals surface area contributed by atoms with Gasteiger partial charge in [0.25, 0.3) is 0 Å². The first-order valence-electron chi connectivity index (χ1n) is 9.44. The first-order chi connectivity index (χ1) is 13.0. The Morgan fingerprint density at radius 1 is 1.15 bits per heavy atom. The number of amides is 2. The lowest BCUT2D eigenvalue weighted by Gasteiger charge is -2.26. The van der Waals surface area contributed by atoms with Crippen molar-refractivity contribution in [2.45, 2.75) is 38.8 Å². The molecule has 1 unspecified atom stereocenters. The summed E-state index contributed by atoms with van der Waals surface area (Å²) in [6, 6.07) is 14.7. The van der Waals surface area contributed by atoms with Crippen molar-refractivity contribution >= 4 is 17.5 Å². The van der Waals surface area contributed by atoms with Crippen molar-refractivity contribution in [2.24, 2.45) is 5.92 Å². The molecule has 1 aliphatic carbocycles. The molecule has 1 atom stereocenters. The third kappa shape index (κ3) is 3.72. The number of para-hydroxylation sites is 1. The second kappa shape index (κ2) is 7.14. The van der Waals surface area contributed by atoms with Gasteiger partial charge in [-0.2, -0.15) is 0 Å². The molecule has 1 saturated heterocycles. The third-order valence-corrected chi connectivity index (χ3v) is 5.36. The van der Waals surface area contributed by atoms with Crippen LogP contribution in [0.15, 0.2) is 48.5 Å². The van der Waals surface area contributed by atoms with E-state index in [1.807, 2.05) is 36.1 Å². The quantitative estimate of drug-likeness (QED) is 0.810. The average molecular weight is 366 g/mol. The summed E-state index contributed by atoms with van der Waals surface area (Å²) in [6.07, 6.45) is 2.16. The van der Waals surface area contributed by atoms with Gasteiger partial charge in [-0.05, 0) is 37.5 Å². The minimum atomic E-state index is -0.433. The topological polar surface area (TPSA) is 40.6 Å².